The van der Waals surface area contributed by atoms with Gasteiger partial charge in [-0.25, -0.2) is 9.50 Å². The second-order valence-corrected chi connectivity index (χ2v) is 4.97. The minimum atomic E-state index is -4.53. The van der Waals surface area contributed by atoms with Crippen LogP contribution in [-0.4, -0.2) is 14.6 Å². The van der Waals surface area contributed by atoms with Crippen LogP contribution in [0.2, 0.25) is 5.02 Å². The molecule has 3 aromatic rings. The van der Waals surface area contributed by atoms with Gasteiger partial charge in [-0.1, -0.05) is 29.8 Å². The zero-order valence-electron chi connectivity index (χ0n) is 10.8. The molecule has 0 fully saturated rings. The summed E-state index contributed by atoms with van der Waals surface area (Å²) >= 11 is 6.04. The van der Waals surface area contributed by atoms with Crippen LogP contribution in [0.15, 0.2) is 36.4 Å². The van der Waals surface area contributed by atoms with E-state index in [9.17, 15) is 13.2 Å². The molecule has 0 spiro atoms. The van der Waals surface area contributed by atoms with E-state index in [1.165, 1.54) is 6.07 Å². The fraction of sp³-hybridized carbons (Fsp3) is 0.143. The molecule has 0 N–H and O–H groups in total. The van der Waals surface area contributed by atoms with E-state index < -0.39 is 11.9 Å². The Morgan fingerprint density at radius 2 is 1.86 bits per heavy atom. The smallest absolute Gasteiger partial charge is 0.228 e. The Morgan fingerprint density at radius 3 is 2.52 bits per heavy atom. The number of aromatic nitrogens is 3. The Bertz CT molecular complexity index is 824. The summed E-state index contributed by atoms with van der Waals surface area (Å²) in [6.07, 6.45) is -4.53. The van der Waals surface area contributed by atoms with Crippen LogP contribution in [0.5, 0.6) is 0 Å². The highest BCUT2D eigenvalue weighted by atomic mass is 35.5. The molecule has 0 amide bonds. The van der Waals surface area contributed by atoms with Crippen LogP contribution in [0, 0.1) is 6.92 Å². The van der Waals surface area contributed by atoms with Gasteiger partial charge in [0, 0.05) is 16.7 Å². The van der Waals surface area contributed by atoms with Crippen molar-refractivity contribution in [1.29, 1.82) is 0 Å². The molecule has 0 aliphatic rings. The molecule has 3 rings (SSSR count). The fourth-order valence-electron chi connectivity index (χ4n) is 2.10. The number of alkyl halides is 3. The van der Waals surface area contributed by atoms with Crippen LogP contribution >= 0.6 is 11.6 Å². The first-order valence-corrected chi connectivity index (χ1v) is 6.43. The molecular formula is C14H9ClF3N3. The van der Waals surface area contributed by atoms with Crippen molar-refractivity contribution in [2.24, 2.45) is 0 Å². The predicted octanol–water partition coefficient (Wildman–Crippen LogP) is 4.38. The van der Waals surface area contributed by atoms with Crippen molar-refractivity contribution in [2.45, 2.75) is 13.1 Å². The van der Waals surface area contributed by atoms with Crippen LogP contribution in [-0.2, 0) is 6.18 Å². The van der Waals surface area contributed by atoms with Gasteiger partial charge in [0.15, 0.2) is 11.3 Å². The van der Waals surface area contributed by atoms with Crippen LogP contribution < -0.4 is 0 Å². The Morgan fingerprint density at radius 1 is 1.14 bits per heavy atom. The molecule has 3 nitrogen and oxygen atoms in total. The third-order valence-electron chi connectivity index (χ3n) is 2.99. The van der Waals surface area contributed by atoms with Gasteiger partial charge in [-0.3, -0.25) is 0 Å². The lowest BCUT2D eigenvalue weighted by molar-refractivity contribution is -0.142. The number of halogens is 4. The lowest BCUT2D eigenvalue weighted by Gasteiger charge is -2.11. The number of hydrogen-bond acceptors (Lipinski definition) is 2. The molecule has 7 heteroatoms. The summed E-state index contributed by atoms with van der Waals surface area (Å²) in [5.74, 6) is 0. The maximum absolute atomic E-state index is 13.2. The molecule has 108 valence electrons. The second kappa shape index (κ2) is 4.73. The normalized spacial score (nSPS) is 12.0. The zero-order chi connectivity index (χ0) is 15.2. The van der Waals surface area contributed by atoms with E-state index in [4.69, 9.17) is 11.6 Å². The Labute approximate surface area is 123 Å². The van der Waals surface area contributed by atoms with Gasteiger partial charge in [-0.05, 0) is 19.1 Å². The molecule has 1 aromatic carbocycles. The van der Waals surface area contributed by atoms with Gasteiger partial charge >= 0.3 is 6.18 Å². The number of aryl methyl sites for hydroxylation is 1. The lowest BCUT2D eigenvalue weighted by Crippen LogP contribution is -2.13. The van der Waals surface area contributed by atoms with E-state index in [-0.39, 0.29) is 11.3 Å². The van der Waals surface area contributed by atoms with Crippen LogP contribution in [0.25, 0.3) is 16.9 Å². The van der Waals surface area contributed by atoms with Gasteiger partial charge in [-0.2, -0.15) is 18.3 Å². The summed E-state index contributed by atoms with van der Waals surface area (Å²) < 4.78 is 40.4. The summed E-state index contributed by atoms with van der Waals surface area (Å²) in [4.78, 5) is 4.22. The summed E-state index contributed by atoms with van der Waals surface area (Å²) in [5.41, 5.74) is 0.336. The van der Waals surface area contributed by atoms with Gasteiger partial charge in [0.25, 0.3) is 0 Å². The third kappa shape index (κ3) is 2.47. The Hall–Kier alpha value is -2.08. The van der Waals surface area contributed by atoms with Gasteiger partial charge in [0.05, 0.1) is 11.4 Å². The van der Waals surface area contributed by atoms with Gasteiger partial charge in [0.1, 0.15) is 0 Å². The molecule has 21 heavy (non-hydrogen) atoms. The van der Waals surface area contributed by atoms with E-state index in [0.717, 1.165) is 10.6 Å². The minimum absolute atomic E-state index is 0.136. The summed E-state index contributed by atoms with van der Waals surface area (Å²) in [6, 6.07) is 9.10. The van der Waals surface area contributed by atoms with Crippen molar-refractivity contribution < 1.29 is 13.2 Å². The standard InChI is InChI=1S/C14H9ClF3N3/c1-8-6-13-19-11(9-4-2-3-5-10(9)15)7-12(14(16,17)18)21(13)20-8/h2-7H,1H3. The van der Waals surface area contributed by atoms with Crippen molar-refractivity contribution in [1.82, 2.24) is 14.6 Å². The Kier molecular flexibility index (Phi) is 3.13. The number of fused-ring (bicyclic) bond motifs is 1. The molecule has 0 radical (unpaired) electrons. The Balaban J connectivity index is 2.33. The van der Waals surface area contributed by atoms with E-state index in [0.29, 0.717) is 16.3 Å². The molecule has 0 unspecified atom stereocenters. The van der Waals surface area contributed by atoms with Crippen LogP contribution in [0.4, 0.5) is 13.2 Å². The average molecular weight is 312 g/mol. The van der Waals surface area contributed by atoms with E-state index in [1.54, 1.807) is 31.2 Å². The summed E-state index contributed by atoms with van der Waals surface area (Å²) in [7, 11) is 0. The lowest BCUT2D eigenvalue weighted by atomic mass is 10.1. The first-order valence-electron chi connectivity index (χ1n) is 6.06. The van der Waals surface area contributed by atoms with Crippen LogP contribution in [0.3, 0.4) is 0 Å². The summed E-state index contributed by atoms with van der Waals surface area (Å²) in [6.45, 7) is 1.62. The quantitative estimate of drug-likeness (QED) is 0.667. The highest BCUT2D eigenvalue weighted by Gasteiger charge is 2.35. The molecular weight excluding hydrogens is 303 g/mol. The topological polar surface area (TPSA) is 30.2 Å². The monoisotopic (exact) mass is 311 g/mol. The number of rotatable bonds is 1. The second-order valence-electron chi connectivity index (χ2n) is 4.56. The van der Waals surface area contributed by atoms with E-state index >= 15 is 0 Å². The van der Waals surface area contributed by atoms with Crippen molar-refractivity contribution >= 4 is 17.2 Å². The molecule has 0 atom stereocenters. The maximum atomic E-state index is 13.2. The van der Waals surface area contributed by atoms with Crippen molar-refractivity contribution in [3.05, 3.63) is 52.8 Å². The van der Waals surface area contributed by atoms with Crippen molar-refractivity contribution in [2.75, 3.05) is 0 Å². The van der Waals surface area contributed by atoms with Gasteiger partial charge in [-0.15, -0.1) is 0 Å². The molecule has 0 aliphatic heterocycles. The molecule has 0 saturated carbocycles. The third-order valence-corrected chi connectivity index (χ3v) is 3.32. The molecule has 0 bridgehead atoms. The average Bonchev–Trinajstić information content (AvgIpc) is 2.76. The largest absolute Gasteiger partial charge is 0.433 e. The first kappa shape index (κ1) is 13.9. The summed E-state index contributed by atoms with van der Waals surface area (Å²) in [5, 5.41) is 4.18. The number of nitrogens with zero attached hydrogens (tertiary/aromatic N) is 3. The fourth-order valence-corrected chi connectivity index (χ4v) is 2.33. The molecule has 0 aliphatic carbocycles. The highest BCUT2D eigenvalue weighted by Crippen LogP contribution is 2.34. The minimum Gasteiger partial charge on any atom is -0.228 e. The SMILES string of the molecule is Cc1cc2nc(-c3ccccc3Cl)cc(C(F)(F)F)n2n1. The van der Waals surface area contributed by atoms with Crippen LogP contribution in [0.1, 0.15) is 11.4 Å². The van der Waals surface area contributed by atoms with Gasteiger partial charge in [0.2, 0.25) is 0 Å². The number of benzene rings is 1. The maximum Gasteiger partial charge on any atom is 0.433 e. The van der Waals surface area contributed by atoms with E-state index in [1.807, 2.05) is 0 Å². The first-order chi connectivity index (χ1) is 9.86. The highest BCUT2D eigenvalue weighted by molar-refractivity contribution is 6.33. The van der Waals surface area contributed by atoms with Crippen molar-refractivity contribution in [3.63, 3.8) is 0 Å². The number of hydrogen-bond donors (Lipinski definition) is 0. The molecule has 2 heterocycles. The molecule has 0 saturated heterocycles. The predicted molar refractivity (Wildman–Crippen MR) is 73.2 cm³/mol. The van der Waals surface area contributed by atoms with E-state index in [2.05, 4.69) is 10.1 Å². The molecule has 2 aromatic heterocycles. The van der Waals surface area contributed by atoms with Gasteiger partial charge < -0.3 is 0 Å². The zero-order valence-corrected chi connectivity index (χ0v) is 11.6. The van der Waals surface area contributed by atoms with Crippen molar-refractivity contribution in [3.8, 4) is 11.3 Å².